The lowest BCUT2D eigenvalue weighted by Crippen LogP contribution is -2.38. The van der Waals surface area contributed by atoms with E-state index in [0.717, 1.165) is 5.56 Å². The molecule has 1 aromatic heterocycles. The summed E-state index contributed by atoms with van der Waals surface area (Å²) < 4.78 is 3.93. The number of hydrogen-bond donors (Lipinski definition) is 2. The van der Waals surface area contributed by atoms with E-state index in [0.29, 0.717) is 22.3 Å². The molecular weight excluding hydrogens is 308 g/mol. The number of hydrogen-bond acceptors (Lipinski definition) is 4. The summed E-state index contributed by atoms with van der Waals surface area (Å²) >= 11 is 11.2. The fourth-order valence-corrected chi connectivity index (χ4v) is 2.35. The lowest BCUT2D eigenvalue weighted by Gasteiger charge is -2.27. The first-order valence-corrected chi connectivity index (χ1v) is 7.38. The van der Waals surface area contributed by atoms with Crippen molar-refractivity contribution in [1.29, 1.82) is 0 Å². The number of nitrogens with zero attached hydrogens (tertiary/aromatic N) is 3. The molecule has 0 unspecified atom stereocenters. The molecule has 0 fully saturated rings. The van der Waals surface area contributed by atoms with E-state index in [2.05, 4.69) is 24.3 Å². The highest BCUT2D eigenvalue weighted by Gasteiger charge is 2.20. The fraction of sp³-hybridized carbons (Fsp3) is 0.429. The number of nitrogens with one attached hydrogen (secondary N) is 1. The van der Waals surface area contributed by atoms with E-state index in [-0.39, 0.29) is 12.1 Å². The van der Waals surface area contributed by atoms with Crippen molar-refractivity contribution in [2.75, 3.05) is 0 Å². The molecule has 21 heavy (non-hydrogen) atoms. The Bertz CT molecular complexity index is 675. The van der Waals surface area contributed by atoms with E-state index in [9.17, 15) is 5.11 Å². The summed E-state index contributed by atoms with van der Waals surface area (Å²) in [6.07, 6.45) is 0. The summed E-state index contributed by atoms with van der Waals surface area (Å²) in [4.78, 5) is 0. The van der Waals surface area contributed by atoms with Gasteiger partial charge >= 0.3 is 0 Å². The smallest absolute Gasteiger partial charge is 0.198 e. The van der Waals surface area contributed by atoms with Gasteiger partial charge in [-0.2, -0.15) is 5.10 Å². The zero-order chi connectivity index (χ0) is 15.6. The molecule has 0 saturated carbocycles. The van der Waals surface area contributed by atoms with E-state index in [4.69, 9.17) is 23.8 Å². The van der Waals surface area contributed by atoms with Crippen LogP contribution in [-0.2, 0) is 25.9 Å². The molecule has 0 amide bonds. The molecule has 114 valence electrons. The molecule has 5 nitrogen and oxygen atoms in total. The molecular formula is C14H19ClN4OS. The van der Waals surface area contributed by atoms with Crippen molar-refractivity contribution in [2.24, 2.45) is 7.05 Å². The largest absolute Gasteiger partial charge is 0.388 e. The topological polar surface area (TPSA) is 55.0 Å². The van der Waals surface area contributed by atoms with Crippen LogP contribution in [0.5, 0.6) is 0 Å². The van der Waals surface area contributed by atoms with Crippen molar-refractivity contribution < 1.29 is 5.11 Å². The van der Waals surface area contributed by atoms with Crippen LogP contribution in [-0.4, -0.2) is 19.5 Å². The average Bonchev–Trinajstić information content (AvgIpc) is 2.73. The normalized spacial score (nSPS) is 11.9. The van der Waals surface area contributed by atoms with Gasteiger partial charge in [-0.15, -0.1) is 0 Å². The number of aromatic nitrogens is 3. The van der Waals surface area contributed by atoms with Crippen LogP contribution < -0.4 is 5.32 Å². The Kier molecular flexibility index (Phi) is 4.83. The fourth-order valence-electron chi connectivity index (χ4n) is 2.01. The van der Waals surface area contributed by atoms with Gasteiger partial charge in [-0.3, -0.25) is 5.32 Å². The minimum Gasteiger partial charge on any atom is -0.388 e. The van der Waals surface area contributed by atoms with Gasteiger partial charge < -0.3 is 9.67 Å². The molecule has 0 bridgehead atoms. The Hall–Kier alpha value is -1.21. The second-order valence-electron chi connectivity index (χ2n) is 5.38. The SMILES string of the molecule is Cn1c(CO)nn(CNC(C)(C)c2ccc(Cl)cc2)c1=S. The van der Waals surface area contributed by atoms with Crippen molar-refractivity contribution in [3.8, 4) is 0 Å². The van der Waals surface area contributed by atoms with Crippen LogP contribution in [0.15, 0.2) is 24.3 Å². The van der Waals surface area contributed by atoms with E-state index < -0.39 is 0 Å². The maximum Gasteiger partial charge on any atom is 0.198 e. The Morgan fingerprint density at radius 3 is 2.48 bits per heavy atom. The van der Waals surface area contributed by atoms with Crippen molar-refractivity contribution in [3.63, 3.8) is 0 Å². The molecule has 7 heteroatoms. The Balaban J connectivity index is 2.15. The molecule has 0 saturated heterocycles. The molecule has 2 rings (SSSR count). The van der Waals surface area contributed by atoms with Gasteiger partial charge in [0.1, 0.15) is 6.61 Å². The molecule has 0 aliphatic heterocycles. The highest BCUT2D eigenvalue weighted by Crippen LogP contribution is 2.22. The molecule has 0 spiro atoms. The first-order chi connectivity index (χ1) is 9.85. The zero-order valence-corrected chi connectivity index (χ0v) is 13.9. The number of rotatable bonds is 5. The summed E-state index contributed by atoms with van der Waals surface area (Å²) in [5, 5.41) is 17.6. The summed E-state index contributed by atoms with van der Waals surface area (Å²) in [5.41, 5.74) is 0.868. The maximum absolute atomic E-state index is 9.21. The van der Waals surface area contributed by atoms with Crippen molar-refractivity contribution >= 4 is 23.8 Å². The second kappa shape index (κ2) is 6.27. The van der Waals surface area contributed by atoms with Crippen molar-refractivity contribution in [3.05, 3.63) is 45.4 Å². The van der Waals surface area contributed by atoms with Gasteiger partial charge in [-0.1, -0.05) is 23.7 Å². The van der Waals surface area contributed by atoms with E-state index in [1.54, 1.807) is 16.3 Å². The van der Waals surface area contributed by atoms with E-state index in [1.165, 1.54) is 0 Å². The Labute approximate surface area is 134 Å². The molecule has 0 aliphatic carbocycles. The number of benzene rings is 1. The van der Waals surface area contributed by atoms with Crippen LogP contribution in [0.25, 0.3) is 0 Å². The van der Waals surface area contributed by atoms with Crippen LogP contribution in [0.4, 0.5) is 0 Å². The lowest BCUT2D eigenvalue weighted by molar-refractivity contribution is 0.264. The van der Waals surface area contributed by atoms with Crippen LogP contribution in [0.1, 0.15) is 25.2 Å². The zero-order valence-electron chi connectivity index (χ0n) is 12.3. The predicted octanol–water partition coefficient (Wildman–Crippen LogP) is 2.58. The lowest BCUT2D eigenvalue weighted by atomic mass is 9.95. The maximum atomic E-state index is 9.21. The molecule has 0 radical (unpaired) electrons. The van der Waals surface area contributed by atoms with Gasteiger partial charge in [-0.25, -0.2) is 4.68 Å². The molecule has 1 heterocycles. The standard InChI is InChI=1S/C14H19ClN4OS/c1-14(2,10-4-6-11(15)7-5-10)16-9-19-13(21)18(3)12(8-20)17-19/h4-7,16,20H,8-9H2,1-3H3. The quantitative estimate of drug-likeness (QED) is 0.829. The van der Waals surface area contributed by atoms with Crippen LogP contribution in [0.2, 0.25) is 5.02 Å². The Morgan fingerprint density at radius 2 is 1.95 bits per heavy atom. The van der Waals surface area contributed by atoms with Gasteiger partial charge in [-0.05, 0) is 43.8 Å². The van der Waals surface area contributed by atoms with Gasteiger partial charge in [0, 0.05) is 17.6 Å². The molecule has 1 aromatic carbocycles. The molecule has 2 aromatic rings. The molecule has 0 atom stereocenters. The summed E-state index contributed by atoms with van der Waals surface area (Å²) in [7, 11) is 1.79. The molecule has 2 N–H and O–H groups in total. The third kappa shape index (κ3) is 3.52. The van der Waals surface area contributed by atoms with E-state index in [1.807, 2.05) is 24.3 Å². The third-order valence-corrected chi connectivity index (χ3v) is 4.25. The number of aliphatic hydroxyl groups is 1. The second-order valence-corrected chi connectivity index (χ2v) is 6.18. The van der Waals surface area contributed by atoms with Gasteiger partial charge in [0.25, 0.3) is 0 Å². The summed E-state index contributed by atoms with van der Waals surface area (Å²) in [5.74, 6) is 0.547. The molecule has 0 aliphatic rings. The first kappa shape index (κ1) is 16.2. The first-order valence-electron chi connectivity index (χ1n) is 6.60. The van der Waals surface area contributed by atoms with Gasteiger partial charge in [0.15, 0.2) is 10.6 Å². The van der Waals surface area contributed by atoms with E-state index >= 15 is 0 Å². The van der Waals surface area contributed by atoms with Crippen molar-refractivity contribution in [2.45, 2.75) is 32.7 Å². The van der Waals surface area contributed by atoms with Crippen molar-refractivity contribution in [1.82, 2.24) is 19.7 Å². The minimum absolute atomic E-state index is 0.131. The summed E-state index contributed by atoms with van der Waals surface area (Å²) in [6, 6.07) is 7.73. The minimum atomic E-state index is -0.254. The predicted molar refractivity (Wildman–Crippen MR) is 85.6 cm³/mol. The van der Waals surface area contributed by atoms with Crippen LogP contribution >= 0.6 is 23.8 Å². The monoisotopic (exact) mass is 326 g/mol. The highest BCUT2D eigenvalue weighted by molar-refractivity contribution is 7.71. The highest BCUT2D eigenvalue weighted by atomic mass is 35.5. The number of aliphatic hydroxyl groups excluding tert-OH is 1. The Morgan fingerprint density at radius 1 is 1.33 bits per heavy atom. The van der Waals surface area contributed by atoms with Crippen LogP contribution in [0.3, 0.4) is 0 Å². The van der Waals surface area contributed by atoms with Crippen LogP contribution in [0, 0.1) is 4.77 Å². The average molecular weight is 327 g/mol. The number of halogens is 1. The van der Waals surface area contributed by atoms with Gasteiger partial charge in [0.2, 0.25) is 0 Å². The summed E-state index contributed by atoms with van der Waals surface area (Å²) in [6.45, 7) is 4.49. The third-order valence-electron chi connectivity index (χ3n) is 3.51. The van der Waals surface area contributed by atoms with Gasteiger partial charge in [0.05, 0.1) is 6.67 Å².